The normalized spacial score (nSPS) is 11.8. The molecule has 0 aliphatic heterocycles. The molecular formula is C27H21BrN2O4. The van der Waals surface area contributed by atoms with Crippen molar-refractivity contribution in [2.45, 2.75) is 13.0 Å². The van der Waals surface area contributed by atoms with E-state index in [0.717, 1.165) is 20.8 Å². The number of carbonyl (C=O) groups is 2. The van der Waals surface area contributed by atoms with E-state index < -0.39 is 12.1 Å². The van der Waals surface area contributed by atoms with Gasteiger partial charge >= 0.3 is 5.97 Å². The van der Waals surface area contributed by atoms with Gasteiger partial charge in [-0.1, -0.05) is 46.3 Å². The highest BCUT2D eigenvalue weighted by atomic mass is 79.9. The third-order valence-electron chi connectivity index (χ3n) is 4.96. The molecule has 4 rings (SSSR count). The highest BCUT2D eigenvalue weighted by molar-refractivity contribution is 9.10. The Kier molecular flexibility index (Phi) is 7.34. The van der Waals surface area contributed by atoms with Crippen molar-refractivity contribution in [3.05, 3.63) is 107 Å². The summed E-state index contributed by atoms with van der Waals surface area (Å²) in [7, 11) is 0. The maximum Gasteiger partial charge on any atom is 0.343 e. The van der Waals surface area contributed by atoms with Crippen molar-refractivity contribution >= 4 is 44.8 Å². The lowest BCUT2D eigenvalue weighted by Gasteiger charge is -2.13. The number of halogens is 1. The van der Waals surface area contributed by atoms with Gasteiger partial charge in [-0.3, -0.25) is 4.79 Å². The van der Waals surface area contributed by atoms with Crippen molar-refractivity contribution in [2.75, 3.05) is 0 Å². The maximum atomic E-state index is 12.3. The second kappa shape index (κ2) is 10.8. The van der Waals surface area contributed by atoms with Crippen molar-refractivity contribution in [3.63, 3.8) is 0 Å². The van der Waals surface area contributed by atoms with Crippen molar-refractivity contribution in [1.82, 2.24) is 5.43 Å². The molecule has 0 heterocycles. The van der Waals surface area contributed by atoms with E-state index in [9.17, 15) is 9.59 Å². The van der Waals surface area contributed by atoms with E-state index in [2.05, 4.69) is 26.5 Å². The summed E-state index contributed by atoms with van der Waals surface area (Å²) in [4.78, 5) is 24.5. The molecule has 1 amide bonds. The van der Waals surface area contributed by atoms with Gasteiger partial charge in [0.2, 0.25) is 0 Å². The van der Waals surface area contributed by atoms with Crippen LogP contribution in [0.4, 0.5) is 0 Å². The molecule has 1 atom stereocenters. The number of nitrogens with one attached hydrogen (secondary N) is 1. The Morgan fingerprint density at radius 1 is 0.882 bits per heavy atom. The van der Waals surface area contributed by atoms with E-state index in [-0.39, 0.29) is 5.91 Å². The molecule has 0 aromatic heterocycles. The Hall–Kier alpha value is -3.97. The van der Waals surface area contributed by atoms with Crippen LogP contribution in [-0.2, 0) is 4.79 Å². The quantitative estimate of drug-likeness (QED) is 0.147. The highest BCUT2D eigenvalue weighted by Crippen LogP contribution is 2.21. The van der Waals surface area contributed by atoms with Gasteiger partial charge in [0.25, 0.3) is 5.91 Å². The van der Waals surface area contributed by atoms with Gasteiger partial charge in [0, 0.05) is 4.47 Å². The van der Waals surface area contributed by atoms with E-state index in [4.69, 9.17) is 9.47 Å². The van der Waals surface area contributed by atoms with Crippen LogP contribution < -0.4 is 14.9 Å². The second-order valence-electron chi connectivity index (χ2n) is 7.47. The molecule has 1 unspecified atom stereocenters. The van der Waals surface area contributed by atoms with Crippen molar-refractivity contribution < 1.29 is 19.1 Å². The van der Waals surface area contributed by atoms with Gasteiger partial charge in [-0.25, -0.2) is 10.2 Å². The zero-order valence-corrected chi connectivity index (χ0v) is 19.9. The lowest BCUT2D eigenvalue weighted by Crippen LogP contribution is -2.33. The Labute approximate surface area is 205 Å². The largest absolute Gasteiger partial charge is 0.481 e. The molecule has 0 aliphatic rings. The van der Waals surface area contributed by atoms with Crippen LogP contribution in [0.1, 0.15) is 22.8 Å². The van der Waals surface area contributed by atoms with Crippen LogP contribution in [0.3, 0.4) is 0 Å². The van der Waals surface area contributed by atoms with Crippen LogP contribution >= 0.6 is 15.9 Å². The van der Waals surface area contributed by atoms with Gasteiger partial charge in [0.1, 0.15) is 11.5 Å². The topological polar surface area (TPSA) is 77.0 Å². The summed E-state index contributed by atoms with van der Waals surface area (Å²) < 4.78 is 12.0. The lowest BCUT2D eigenvalue weighted by atomic mass is 10.1. The highest BCUT2D eigenvalue weighted by Gasteiger charge is 2.14. The average Bonchev–Trinajstić information content (AvgIpc) is 2.85. The summed E-state index contributed by atoms with van der Waals surface area (Å²) in [6.45, 7) is 1.66. The first kappa shape index (κ1) is 23.2. The summed E-state index contributed by atoms with van der Waals surface area (Å²) in [5.41, 5.74) is 3.66. The van der Waals surface area contributed by atoms with E-state index in [1.807, 2.05) is 42.5 Å². The van der Waals surface area contributed by atoms with Gasteiger partial charge in [0.15, 0.2) is 6.10 Å². The monoisotopic (exact) mass is 516 g/mol. The fourth-order valence-corrected chi connectivity index (χ4v) is 3.40. The summed E-state index contributed by atoms with van der Waals surface area (Å²) >= 11 is 3.33. The predicted molar refractivity (Wildman–Crippen MR) is 135 cm³/mol. The number of benzene rings is 4. The van der Waals surface area contributed by atoms with Gasteiger partial charge in [0.05, 0.1) is 11.8 Å². The Morgan fingerprint density at radius 2 is 1.56 bits per heavy atom. The molecular weight excluding hydrogens is 496 g/mol. The number of carbonyl (C=O) groups excluding carboxylic acids is 2. The van der Waals surface area contributed by atoms with Crippen LogP contribution in [0.15, 0.2) is 101 Å². The molecule has 0 aliphatic carbocycles. The van der Waals surface area contributed by atoms with Crippen LogP contribution in [0.5, 0.6) is 11.5 Å². The summed E-state index contributed by atoms with van der Waals surface area (Å²) in [6.07, 6.45) is 0.778. The van der Waals surface area contributed by atoms with Crippen LogP contribution in [0.2, 0.25) is 0 Å². The fraction of sp³-hybridized carbons (Fsp3) is 0.0741. The molecule has 0 bridgehead atoms. The Morgan fingerprint density at radius 3 is 2.29 bits per heavy atom. The molecule has 0 fully saturated rings. The molecule has 0 saturated carbocycles. The number of hydrazone groups is 1. The SMILES string of the molecule is CC(Oc1ccc2ccccc2c1)C(=O)N/N=C/c1ccc(OC(=O)c2ccc(Br)cc2)cc1. The van der Waals surface area contributed by atoms with E-state index in [0.29, 0.717) is 17.1 Å². The second-order valence-corrected chi connectivity index (χ2v) is 8.38. The standard InChI is InChI=1S/C27H21BrN2O4/c1-18(33-25-15-10-20-4-2-3-5-22(20)16-25)26(31)30-29-17-19-6-13-24(14-7-19)34-27(32)21-8-11-23(28)12-9-21/h2-18H,1H3,(H,30,31)/b29-17+. The van der Waals surface area contributed by atoms with Gasteiger partial charge in [-0.15, -0.1) is 0 Å². The minimum atomic E-state index is -0.723. The van der Waals surface area contributed by atoms with E-state index >= 15 is 0 Å². The summed E-state index contributed by atoms with van der Waals surface area (Å²) in [5, 5.41) is 6.12. The van der Waals surface area contributed by atoms with Crippen molar-refractivity contribution in [2.24, 2.45) is 5.10 Å². The zero-order chi connectivity index (χ0) is 23.9. The number of hydrogen-bond acceptors (Lipinski definition) is 5. The first-order valence-electron chi connectivity index (χ1n) is 10.5. The molecule has 0 spiro atoms. The predicted octanol–water partition coefficient (Wildman–Crippen LogP) is 5.74. The minimum absolute atomic E-state index is 0.371. The number of nitrogens with zero attached hydrogens (tertiary/aromatic N) is 1. The van der Waals surface area contributed by atoms with Crippen LogP contribution in [0.25, 0.3) is 10.8 Å². The molecule has 1 N–H and O–H groups in total. The summed E-state index contributed by atoms with van der Waals surface area (Å²) in [6, 6.07) is 27.3. The molecule has 7 heteroatoms. The number of amides is 1. The van der Waals surface area contributed by atoms with Crippen LogP contribution in [-0.4, -0.2) is 24.2 Å². The van der Waals surface area contributed by atoms with Gasteiger partial charge < -0.3 is 9.47 Å². The van der Waals surface area contributed by atoms with Crippen molar-refractivity contribution in [1.29, 1.82) is 0 Å². The van der Waals surface area contributed by atoms with Gasteiger partial charge in [-0.05, 0) is 83.9 Å². The number of fused-ring (bicyclic) bond motifs is 1. The average molecular weight is 517 g/mol. The smallest absolute Gasteiger partial charge is 0.343 e. The molecule has 6 nitrogen and oxygen atoms in total. The van der Waals surface area contributed by atoms with Crippen molar-refractivity contribution in [3.8, 4) is 11.5 Å². The Bertz CT molecular complexity index is 1340. The number of hydrogen-bond donors (Lipinski definition) is 1. The number of esters is 1. The van der Waals surface area contributed by atoms with Gasteiger partial charge in [-0.2, -0.15) is 5.10 Å². The minimum Gasteiger partial charge on any atom is -0.481 e. The lowest BCUT2D eigenvalue weighted by molar-refractivity contribution is -0.127. The first-order chi connectivity index (χ1) is 16.5. The molecule has 0 radical (unpaired) electrons. The Balaban J connectivity index is 1.28. The number of ether oxygens (including phenoxy) is 2. The molecule has 0 saturated heterocycles. The summed E-state index contributed by atoms with van der Waals surface area (Å²) in [5.74, 6) is 0.205. The fourth-order valence-electron chi connectivity index (χ4n) is 3.13. The maximum absolute atomic E-state index is 12.3. The third kappa shape index (κ3) is 6.08. The number of rotatable bonds is 7. The van der Waals surface area contributed by atoms with E-state index in [1.165, 1.54) is 6.21 Å². The zero-order valence-electron chi connectivity index (χ0n) is 18.3. The van der Waals surface area contributed by atoms with E-state index in [1.54, 1.807) is 55.5 Å². The van der Waals surface area contributed by atoms with Crippen LogP contribution in [0, 0.1) is 0 Å². The molecule has 4 aromatic rings. The first-order valence-corrected chi connectivity index (χ1v) is 11.3. The third-order valence-corrected chi connectivity index (χ3v) is 5.49. The molecule has 170 valence electrons. The molecule has 4 aromatic carbocycles. The molecule has 34 heavy (non-hydrogen) atoms.